The van der Waals surface area contributed by atoms with Gasteiger partial charge < -0.3 is 14.3 Å². The van der Waals surface area contributed by atoms with Crippen LogP contribution in [0.25, 0.3) is 17.1 Å². The maximum Gasteiger partial charge on any atom is 0.312 e. The third kappa shape index (κ3) is 2.81. The number of H-pyrrole nitrogens is 1. The zero-order valence-electron chi connectivity index (χ0n) is 16.5. The van der Waals surface area contributed by atoms with Gasteiger partial charge in [-0.15, -0.1) is 10.2 Å². The second-order valence-electron chi connectivity index (χ2n) is 7.34. The highest BCUT2D eigenvalue weighted by atomic mass is 16.4. The van der Waals surface area contributed by atoms with Crippen LogP contribution in [-0.2, 0) is 13.5 Å². The predicted molar refractivity (Wildman–Crippen MR) is 107 cm³/mol. The number of hydrogen-bond acceptors (Lipinski definition) is 7. The summed E-state index contributed by atoms with van der Waals surface area (Å²) in [7, 11) is 1.79. The number of nitrogens with one attached hydrogen (secondary N) is 1. The summed E-state index contributed by atoms with van der Waals surface area (Å²) in [4.78, 5) is 22.8. The third-order valence-electron chi connectivity index (χ3n) is 5.40. The molecule has 11 heteroatoms. The van der Waals surface area contributed by atoms with Gasteiger partial charge in [0.15, 0.2) is 0 Å². The van der Waals surface area contributed by atoms with Crippen LogP contribution in [0, 0.1) is 0 Å². The molecule has 0 saturated heterocycles. The van der Waals surface area contributed by atoms with Crippen molar-refractivity contribution in [2.45, 2.75) is 12.5 Å². The summed E-state index contributed by atoms with van der Waals surface area (Å²) in [5.74, 6) is -0.260. The number of fused-ring (bicyclic) bond motifs is 2. The summed E-state index contributed by atoms with van der Waals surface area (Å²) in [5.41, 5.74) is 3.93. The van der Waals surface area contributed by atoms with E-state index in [0.717, 1.165) is 22.6 Å². The number of imidazole rings is 1. The standard InChI is InChI=1S/C20H17N9O2/c1-27-8-5-14(25-27)18-23-24-19(31-18)20(30)28-9-6-13-16(22-11-21-13)17(28)15-10-12-4-2-3-7-29(12)26-15/h2-5,7-8,10-11,17H,6,9H2,1H3,(H,21,22)/t17-/m0/s1. The van der Waals surface area contributed by atoms with Crippen LogP contribution in [0.15, 0.2) is 53.5 Å². The minimum Gasteiger partial charge on any atom is -0.411 e. The van der Waals surface area contributed by atoms with Crippen LogP contribution in [0.1, 0.15) is 33.8 Å². The molecule has 0 radical (unpaired) electrons. The van der Waals surface area contributed by atoms with Crippen LogP contribution < -0.4 is 0 Å². The molecule has 1 atom stereocenters. The van der Waals surface area contributed by atoms with E-state index < -0.39 is 6.04 Å². The minimum atomic E-state index is -0.465. The summed E-state index contributed by atoms with van der Waals surface area (Å²) in [5, 5.41) is 16.9. The summed E-state index contributed by atoms with van der Waals surface area (Å²) in [6.07, 6.45) is 5.93. The van der Waals surface area contributed by atoms with Crippen molar-refractivity contribution < 1.29 is 9.21 Å². The quantitative estimate of drug-likeness (QED) is 0.475. The molecule has 0 fully saturated rings. The van der Waals surface area contributed by atoms with E-state index in [0.29, 0.717) is 18.7 Å². The summed E-state index contributed by atoms with van der Waals surface area (Å²) >= 11 is 0. The van der Waals surface area contributed by atoms with Crippen molar-refractivity contribution in [2.24, 2.45) is 7.05 Å². The Bertz CT molecular complexity index is 1380. The van der Waals surface area contributed by atoms with Gasteiger partial charge in [0.1, 0.15) is 11.7 Å². The monoisotopic (exact) mass is 415 g/mol. The van der Waals surface area contributed by atoms with Gasteiger partial charge in [-0.1, -0.05) is 6.07 Å². The van der Waals surface area contributed by atoms with Gasteiger partial charge in [0.05, 0.1) is 23.2 Å². The lowest BCUT2D eigenvalue weighted by Crippen LogP contribution is -2.41. The number of pyridine rings is 1. The third-order valence-corrected chi connectivity index (χ3v) is 5.40. The Morgan fingerprint density at radius 2 is 2.13 bits per heavy atom. The SMILES string of the molecule is Cn1ccc(-c2nnc(C(=O)N3CCc4[nH]cnc4[C@@H]3c3cc4ccccn4n3)o2)n1. The lowest BCUT2D eigenvalue weighted by atomic mass is 9.99. The maximum absolute atomic E-state index is 13.4. The van der Waals surface area contributed by atoms with Crippen molar-refractivity contribution in [1.29, 1.82) is 0 Å². The fourth-order valence-electron chi connectivity index (χ4n) is 3.95. The Hall–Kier alpha value is -4.28. The molecule has 5 aromatic heterocycles. The Labute approximate surface area is 175 Å². The van der Waals surface area contributed by atoms with Gasteiger partial charge in [-0.2, -0.15) is 10.2 Å². The molecular weight excluding hydrogens is 398 g/mol. The Balaban J connectivity index is 1.40. The first-order valence-electron chi connectivity index (χ1n) is 9.78. The molecule has 11 nitrogen and oxygen atoms in total. The van der Waals surface area contributed by atoms with Crippen LogP contribution in [0.3, 0.4) is 0 Å². The first-order valence-corrected chi connectivity index (χ1v) is 9.78. The fraction of sp³-hybridized carbons (Fsp3) is 0.200. The molecule has 0 aromatic carbocycles. The number of aryl methyl sites for hydroxylation is 1. The zero-order chi connectivity index (χ0) is 20.9. The summed E-state index contributed by atoms with van der Waals surface area (Å²) < 4.78 is 9.08. The molecule has 1 amide bonds. The lowest BCUT2D eigenvalue weighted by molar-refractivity contribution is 0.0646. The van der Waals surface area contributed by atoms with Crippen molar-refractivity contribution in [3.63, 3.8) is 0 Å². The normalized spacial score (nSPS) is 16.0. The number of aromatic amines is 1. The molecule has 0 bridgehead atoms. The fourth-order valence-corrected chi connectivity index (χ4v) is 3.95. The van der Waals surface area contributed by atoms with Crippen LogP contribution in [-0.4, -0.2) is 56.9 Å². The molecule has 0 unspecified atom stereocenters. The van der Waals surface area contributed by atoms with Gasteiger partial charge in [0, 0.05) is 38.1 Å². The van der Waals surface area contributed by atoms with E-state index in [2.05, 4.69) is 30.4 Å². The molecule has 0 spiro atoms. The Morgan fingerprint density at radius 3 is 2.97 bits per heavy atom. The van der Waals surface area contributed by atoms with E-state index in [1.165, 1.54) is 0 Å². The number of aromatic nitrogens is 8. The van der Waals surface area contributed by atoms with E-state index in [9.17, 15) is 4.79 Å². The topological polar surface area (TPSA) is 123 Å². The van der Waals surface area contributed by atoms with E-state index in [1.807, 2.05) is 30.5 Å². The van der Waals surface area contributed by atoms with Gasteiger partial charge in [0.2, 0.25) is 0 Å². The molecule has 0 saturated carbocycles. The summed E-state index contributed by atoms with van der Waals surface area (Å²) in [6, 6.07) is 9.06. The molecule has 1 aliphatic heterocycles. The molecule has 1 N–H and O–H groups in total. The maximum atomic E-state index is 13.4. The second kappa shape index (κ2) is 6.62. The first kappa shape index (κ1) is 17.6. The Kier molecular flexibility index (Phi) is 3.75. The van der Waals surface area contributed by atoms with Crippen molar-refractivity contribution in [3.05, 3.63) is 72.0 Å². The molecular formula is C20H17N9O2. The van der Waals surface area contributed by atoms with Gasteiger partial charge in [-0.05, 0) is 24.3 Å². The van der Waals surface area contributed by atoms with Crippen molar-refractivity contribution in [2.75, 3.05) is 6.54 Å². The number of hydrogen-bond donors (Lipinski definition) is 1. The second-order valence-corrected chi connectivity index (χ2v) is 7.34. The van der Waals surface area contributed by atoms with Crippen LogP contribution in [0.2, 0.25) is 0 Å². The van der Waals surface area contributed by atoms with Crippen molar-refractivity contribution in [1.82, 2.24) is 44.5 Å². The number of amides is 1. The van der Waals surface area contributed by atoms with Gasteiger partial charge >= 0.3 is 11.8 Å². The first-order chi connectivity index (χ1) is 15.2. The molecule has 154 valence electrons. The number of nitrogens with zero attached hydrogens (tertiary/aromatic N) is 8. The van der Waals surface area contributed by atoms with Gasteiger partial charge in [-0.25, -0.2) is 9.50 Å². The lowest BCUT2D eigenvalue weighted by Gasteiger charge is -2.32. The number of carbonyl (C=O) groups excluding carboxylic acids is 1. The predicted octanol–water partition coefficient (Wildman–Crippen LogP) is 1.63. The molecule has 5 aromatic rings. The average Bonchev–Trinajstić information content (AvgIpc) is 3.57. The Morgan fingerprint density at radius 1 is 1.19 bits per heavy atom. The molecule has 31 heavy (non-hydrogen) atoms. The van der Waals surface area contributed by atoms with E-state index in [4.69, 9.17) is 4.42 Å². The number of rotatable bonds is 3. The largest absolute Gasteiger partial charge is 0.411 e. The molecule has 6 rings (SSSR count). The zero-order valence-corrected chi connectivity index (χ0v) is 16.5. The molecule has 0 aliphatic carbocycles. The van der Waals surface area contributed by atoms with Gasteiger partial charge in [0.25, 0.3) is 5.89 Å². The van der Waals surface area contributed by atoms with E-state index in [-0.39, 0.29) is 17.7 Å². The van der Waals surface area contributed by atoms with Crippen molar-refractivity contribution in [3.8, 4) is 11.6 Å². The highest BCUT2D eigenvalue weighted by molar-refractivity contribution is 5.90. The smallest absolute Gasteiger partial charge is 0.312 e. The average molecular weight is 415 g/mol. The highest BCUT2D eigenvalue weighted by Crippen LogP contribution is 2.34. The van der Waals surface area contributed by atoms with E-state index in [1.54, 1.807) is 39.7 Å². The minimum absolute atomic E-state index is 0.0894. The van der Waals surface area contributed by atoms with Crippen LogP contribution >= 0.6 is 0 Å². The van der Waals surface area contributed by atoms with E-state index >= 15 is 0 Å². The van der Waals surface area contributed by atoms with Crippen LogP contribution in [0.5, 0.6) is 0 Å². The van der Waals surface area contributed by atoms with Crippen molar-refractivity contribution >= 4 is 11.4 Å². The number of carbonyl (C=O) groups is 1. The van der Waals surface area contributed by atoms with Gasteiger partial charge in [-0.3, -0.25) is 9.48 Å². The summed E-state index contributed by atoms with van der Waals surface area (Å²) in [6.45, 7) is 0.466. The molecule has 1 aliphatic rings. The van der Waals surface area contributed by atoms with Crippen LogP contribution in [0.4, 0.5) is 0 Å². The highest BCUT2D eigenvalue weighted by Gasteiger charge is 2.38. The molecule has 6 heterocycles.